The molecule has 3 atom stereocenters. The topological polar surface area (TPSA) is 58.6 Å². The lowest BCUT2D eigenvalue weighted by molar-refractivity contribution is -0.000899. The normalized spacial score (nSPS) is 23.8. The third-order valence-electron chi connectivity index (χ3n) is 4.11. The fraction of sp³-hybridized carbons (Fsp3) is 1.00. The van der Waals surface area contributed by atoms with E-state index in [1.807, 2.05) is 20.8 Å². The molecule has 0 bridgehead atoms. The minimum atomic E-state index is -1.10. The predicted octanol–water partition coefficient (Wildman–Crippen LogP) is 2.38. The summed E-state index contributed by atoms with van der Waals surface area (Å²) in [5, 5.41) is 9.11. The van der Waals surface area contributed by atoms with Crippen molar-refractivity contribution >= 4 is 11.0 Å². The fourth-order valence-corrected chi connectivity index (χ4v) is 3.61. The van der Waals surface area contributed by atoms with Gasteiger partial charge >= 0.3 is 0 Å². The molecule has 1 aliphatic heterocycles. The van der Waals surface area contributed by atoms with Crippen LogP contribution >= 0.6 is 0 Å². The number of rotatable bonds is 7. The minimum Gasteiger partial charge on any atom is -0.396 e. The zero-order chi connectivity index (χ0) is 15.4. The molecule has 20 heavy (non-hydrogen) atoms. The second kappa shape index (κ2) is 7.34. The van der Waals surface area contributed by atoms with Crippen molar-refractivity contribution in [1.82, 2.24) is 4.72 Å². The number of hydrogen-bond acceptors (Lipinski definition) is 3. The largest absolute Gasteiger partial charge is 0.396 e. The molecule has 1 rings (SSSR count). The van der Waals surface area contributed by atoms with Crippen LogP contribution in [0.15, 0.2) is 0 Å². The van der Waals surface area contributed by atoms with Crippen LogP contribution in [0.25, 0.3) is 0 Å². The number of aliphatic hydroxyl groups excluding tert-OH is 1. The number of aliphatic hydroxyl groups is 1. The van der Waals surface area contributed by atoms with E-state index in [9.17, 15) is 4.21 Å². The van der Waals surface area contributed by atoms with Gasteiger partial charge in [-0.2, -0.15) is 0 Å². The fourth-order valence-electron chi connectivity index (χ4n) is 2.57. The van der Waals surface area contributed by atoms with E-state index in [1.165, 1.54) is 0 Å². The highest BCUT2D eigenvalue weighted by molar-refractivity contribution is 7.84. The van der Waals surface area contributed by atoms with Gasteiger partial charge in [-0.3, -0.25) is 0 Å². The Kier molecular flexibility index (Phi) is 6.64. The lowest BCUT2D eigenvalue weighted by atomic mass is 9.76. The van der Waals surface area contributed by atoms with Crippen LogP contribution in [0.3, 0.4) is 0 Å². The molecule has 0 aromatic heterocycles. The van der Waals surface area contributed by atoms with Crippen LogP contribution in [0.4, 0.5) is 0 Å². The number of ether oxygens (including phenoxy) is 1. The predicted molar refractivity (Wildman–Crippen MR) is 83.9 cm³/mol. The molecule has 0 aliphatic carbocycles. The first-order valence-corrected chi connectivity index (χ1v) is 8.75. The first-order valence-electron chi connectivity index (χ1n) is 7.60. The average Bonchev–Trinajstić information content (AvgIpc) is 2.86. The van der Waals surface area contributed by atoms with Crippen LogP contribution < -0.4 is 4.72 Å². The lowest BCUT2D eigenvalue weighted by Crippen LogP contribution is -2.51. The van der Waals surface area contributed by atoms with Gasteiger partial charge in [0.25, 0.3) is 0 Å². The van der Waals surface area contributed by atoms with Crippen molar-refractivity contribution < 1.29 is 14.1 Å². The first kappa shape index (κ1) is 18.1. The van der Waals surface area contributed by atoms with Crippen LogP contribution in [-0.2, 0) is 15.7 Å². The van der Waals surface area contributed by atoms with Crippen molar-refractivity contribution in [1.29, 1.82) is 0 Å². The van der Waals surface area contributed by atoms with Gasteiger partial charge < -0.3 is 9.84 Å². The van der Waals surface area contributed by atoms with Crippen molar-refractivity contribution in [3.8, 4) is 0 Å². The third-order valence-corrected chi connectivity index (χ3v) is 5.72. The molecule has 1 aliphatic rings. The molecule has 0 amide bonds. The van der Waals surface area contributed by atoms with Crippen LogP contribution in [0, 0.1) is 5.41 Å². The first-order chi connectivity index (χ1) is 9.19. The molecule has 120 valence electrons. The standard InChI is InChI=1S/C15H31NO3S/c1-14(2,3)20(18)16-12(8-6-10-17)15(4,5)13-9-7-11-19-13/h12-13,16-17H,6-11H2,1-5H3/t12-,13?,20-/m0/s1. The average molecular weight is 305 g/mol. The Morgan fingerprint density at radius 2 is 2.00 bits per heavy atom. The molecule has 2 N–H and O–H groups in total. The molecule has 1 saturated heterocycles. The Labute approximate surface area is 126 Å². The van der Waals surface area contributed by atoms with Gasteiger partial charge in [-0.15, -0.1) is 0 Å². The molecule has 0 spiro atoms. The number of nitrogens with one attached hydrogen (secondary N) is 1. The van der Waals surface area contributed by atoms with Crippen molar-refractivity contribution in [2.24, 2.45) is 5.41 Å². The highest BCUT2D eigenvalue weighted by atomic mass is 32.2. The summed E-state index contributed by atoms with van der Waals surface area (Å²) in [5.74, 6) is 0. The van der Waals surface area contributed by atoms with Gasteiger partial charge in [0.05, 0.1) is 21.8 Å². The Morgan fingerprint density at radius 3 is 2.45 bits per heavy atom. The van der Waals surface area contributed by atoms with Crippen LogP contribution in [-0.4, -0.2) is 39.4 Å². The monoisotopic (exact) mass is 305 g/mol. The Hall–Kier alpha value is 0.0300. The van der Waals surface area contributed by atoms with E-state index in [2.05, 4.69) is 18.6 Å². The Balaban J connectivity index is 2.79. The molecular formula is C15H31NO3S. The second-order valence-corrected chi connectivity index (χ2v) is 9.24. The van der Waals surface area contributed by atoms with Crippen LogP contribution in [0.2, 0.25) is 0 Å². The minimum absolute atomic E-state index is 0.0813. The smallest absolute Gasteiger partial charge is 0.0972 e. The molecule has 1 fully saturated rings. The quantitative estimate of drug-likeness (QED) is 0.759. The molecule has 0 aromatic rings. The van der Waals surface area contributed by atoms with Gasteiger partial charge in [0.15, 0.2) is 0 Å². The molecule has 1 unspecified atom stereocenters. The summed E-state index contributed by atoms with van der Waals surface area (Å²) in [6.45, 7) is 11.3. The van der Waals surface area contributed by atoms with Crippen molar-refractivity contribution in [2.75, 3.05) is 13.2 Å². The lowest BCUT2D eigenvalue weighted by Gasteiger charge is -2.40. The van der Waals surface area contributed by atoms with Crippen molar-refractivity contribution in [3.63, 3.8) is 0 Å². The summed E-state index contributed by atoms with van der Waals surface area (Å²) in [4.78, 5) is 0. The SMILES string of the molecule is CC(C)(C1CCCO1)[C@H](CCCO)N[S@@](=O)C(C)(C)C. The molecule has 0 radical (unpaired) electrons. The van der Waals surface area contributed by atoms with E-state index in [4.69, 9.17) is 9.84 Å². The molecule has 1 heterocycles. The van der Waals surface area contributed by atoms with E-state index in [-0.39, 0.29) is 28.9 Å². The highest BCUT2D eigenvalue weighted by Gasteiger charge is 2.41. The number of hydrogen-bond donors (Lipinski definition) is 2. The van der Waals surface area contributed by atoms with Gasteiger partial charge in [-0.25, -0.2) is 8.93 Å². The van der Waals surface area contributed by atoms with Crippen molar-refractivity contribution in [3.05, 3.63) is 0 Å². The van der Waals surface area contributed by atoms with Crippen molar-refractivity contribution in [2.45, 2.75) is 77.2 Å². The second-order valence-electron chi connectivity index (χ2n) is 7.24. The molecular weight excluding hydrogens is 274 g/mol. The molecule has 4 nitrogen and oxygen atoms in total. The van der Waals surface area contributed by atoms with Crippen LogP contribution in [0.1, 0.15) is 60.3 Å². The summed E-state index contributed by atoms with van der Waals surface area (Å²) < 4.78 is 21.2. The molecule has 0 saturated carbocycles. The highest BCUT2D eigenvalue weighted by Crippen LogP contribution is 2.36. The third kappa shape index (κ3) is 4.79. The summed E-state index contributed by atoms with van der Waals surface area (Å²) in [7, 11) is -1.10. The van der Waals surface area contributed by atoms with E-state index >= 15 is 0 Å². The van der Waals surface area contributed by atoms with Gasteiger partial charge in [0.2, 0.25) is 0 Å². The maximum atomic E-state index is 12.4. The van der Waals surface area contributed by atoms with E-state index in [0.29, 0.717) is 0 Å². The maximum absolute atomic E-state index is 12.4. The zero-order valence-electron chi connectivity index (χ0n) is 13.6. The summed E-state index contributed by atoms with van der Waals surface area (Å²) >= 11 is 0. The van der Waals surface area contributed by atoms with Gasteiger partial charge in [0.1, 0.15) is 0 Å². The maximum Gasteiger partial charge on any atom is 0.0972 e. The summed E-state index contributed by atoms with van der Waals surface area (Å²) in [6.07, 6.45) is 3.89. The summed E-state index contributed by atoms with van der Waals surface area (Å²) in [5.41, 5.74) is -0.0907. The van der Waals surface area contributed by atoms with E-state index < -0.39 is 11.0 Å². The van der Waals surface area contributed by atoms with Crippen LogP contribution in [0.5, 0.6) is 0 Å². The Bertz CT molecular complexity index is 320. The van der Waals surface area contributed by atoms with Gasteiger partial charge in [-0.05, 0) is 46.5 Å². The van der Waals surface area contributed by atoms with E-state index in [1.54, 1.807) is 0 Å². The van der Waals surface area contributed by atoms with Gasteiger partial charge in [0, 0.05) is 24.7 Å². The van der Waals surface area contributed by atoms with Gasteiger partial charge in [-0.1, -0.05) is 13.8 Å². The van der Waals surface area contributed by atoms with E-state index in [0.717, 1.165) is 32.3 Å². The summed E-state index contributed by atoms with van der Waals surface area (Å²) in [6, 6.07) is 0.0813. The Morgan fingerprint density at radius 1 is 1.35 bits per heavy atom. The molecule has 0 aromatic carbocycles. The zero-order valence-corrected chi connectivity index (χ0v) is 14.4. The molecule has 5 heteroatoms.